The maximum absolute atomic E-state index is 11.9. The third-order valence-corrected chi connectivity index (χ3v) is 4.23. The Balaban J connectivity index is 2.79. The van der Waals surface area contributed by atoms with Crippen molar-refractivity contribution in [1.29, 1.82) is 5.26 Å². The van der Waals surface area contributed by atoms with E-state index in [9.17, 15) is 13.5 Å². The summed E-state index contributed by atoms with van der Waals surface area (Å²) in [6.07, 6.45) is -0.703. The maximum atomic E-state index is 11.9. The Kier molecular flexibility index (Phi) is 4.84. The normalized spacial score (nSPS) is 13.3. The second-order valence-electron chi connectivity index (χ2n) is 4.19. The fraction of sp³-hybridized carbons (Fsp3) is 0.417. The van der Waals surface area contributed by atoms with Gasteiger partial charge in [-0.05, 0) is 24.6 Å². The lowest BCUT2D eigenvalue weighted by Crippen LogP contribution is -2.33. The van der Waals surface area contributed by atoms with Crippen LogP contribution in [0.4, 0.5) is 0 Å². The van der Waals surface area contributed by atoms with Crippen molar-refractivity contribution < 1.29 is 13.5 Å². The van der Waals surface area contributed by atoms with Crippen LogP contribution in [0, 0.1) is 11.3 Å². The van der Waals surface area contributed by atoms with Crippen LogP contribution in [0.5, 0.6) is 0 Å². The van der Waals surface area contributed by atoms with Gasteiger partial charge in [-0.15, -0.1) is 0 Å². The number of hydrogen-bond donors (Lipinski definition) is 1. The van der Waals surface area contributed by atoms with Crippen molar-refractivity contribution in [3.8, 4) is 6.07 Å². The molecule has 6 heteroatoms. The molecule has 0 radical (unpaired) electrons. The van der Waals surface area contributed by atoms with Crippen LogP contribution in [-0.4, -0.2) is 37.5 Å². The Labute approximate surface area is 107 Å². The molecule has 0 aromatic heterocycles. The Morgan fingerprint density at radius 3 is 2.39 bits per heavy atom. The van der Waals surface area contributed by atoms with Crippen LogP contribution in [0.3, 0.4) is 0 Å². The summed E-state index contributed by atoms with van der Waals surface area (Å²) in [5, 5.41) is 17.8. The SMILES string of the molecule is CC(O)CN(C)S(=O)(=O)Cc1ccc(C#N)cc1. The fourth-order valence-electron chi connectivity index (χ4n) is 1.48. The molecule has 0 heterocycles. The molecule has 98 valence electrons. The summed E-state index contributed by atoms with van der Waals surface area (Å²) in [6, 6.07) is 8.37. The number of nitrogens with zero attached hydrogens (tertiary/aromatic N) is 2. The summed E-state index contributed by atoms with van der Waals surface area (Å²) in [6.45, 7) is 1.60. The quantitative estimate of drug-likeness (QED) is 0.852. The van der Waals surface area contributed by atoms with Crippen molar-refractivity contribution in [2.45, 2.75) is 18.8 Å². The van der Waals surface area contributed by atoms with Gasteiger partial charge >= 0.3 is 0 Å². The zero-order valence-electron chi connectivity index (χ0n) is 10.4. The van der Waals surface area contributed by atoms with Crippen molar-refractivity contribution >= 4 is 10.0 Å². The minimum Gasteiger partial charge on any atom is -0.392 e. The lowest BCUT2D eigenvalue weighted by atomic mass is 10.2. The first-order chi connectivity index (χ1) is 8.35. The van der Waals surface area contributed by atoms with Gasteiger partial charge in [0.25, 0.3) is 0 Å². The van der Waals surface area contributed by atoms with Crippen LogP contribution in [0.25, 0.3) is 0 Å². The summed E-state index contributed by atoms with van der Waals surface area (Å²) in [5.41, 5.74) is 1.11. The van der Waals surface area contributed by atoms with Gasteiger partial charge in [0.1, 0.15) is 0 Å². The van der Waals surface area contributed by atoms with Crippen LogP contribution >= 0.6 is 0 Å². The van der Waals surface area contributed by atoms with E-state index in [1.807, 2.05) is 6.07 Å². The number of nitriles is 1. The first-order valence-electron chi connectivity index (χ1n) is 5.46. The van der Waals surface area contributed by atoms with Gasteiger partial charge in [-0.3, -0.25) is 0 Å². The largest absolute Gasteiger partial charge is 0.392 e. The molecule has 0 aliphatic carbocycles. The molecule has 18 heavy (non-hydrogen) atoms. The maximum Gasteiger partial charge on any atom is 0.218 e. The highest BCUT2D eigenvalue weighted by molar-refractivity contribution is 7.88. The lowest BCUT2D eigenvalue weighted by molar-refractivity contribution is 0.171. The van der Waals surface area contributed by atoms with Gasteiger partial charge in [0.2, 0.25) is 10.0 Å². The molecule has 0 amide bonds. The molecule has 1 N–H and O–H groups in total. The van der Waals surface area contributed by atoms with Crippen molar-refractivity contribution in [2.75, 3.05) is 13.6 Å². The van der Waals surface area contributed by atoms with Crippen LogP contribution < -0.4 is 0 Å². The summed E-state index contributed by atoms with van der Waals surface area (Å²) < 4.78 is 25.0. The number of hydrogen-bond acceptors (Lipinski definition) is 4. The fourth-order valence-corrected chi connectivity index (χ4v) is 2.76. The summed E-state index contributed by atoms with van der Waals surface area (Å²) in [5.74, 6) is -0.137. The minimum absolute atomic E-state index is 0.0681. The van der Waals surface area contributed by atoms with Gasteiger partial charge in [0.05, 0.1) is 23.5 Å². The summed E-state index contributed by atoms with van der Waals surface area (Å²) in [7, 11) is -2.00. The van der Waals surface area contributed by atoms with Crippen LogP contribution in [0.15, 0.2) is 24.3 Å². The second kappa shape index (κ2) is 5.96. The van der Waals surface area contributed by atoms with Crippen LogP contribution in [-0.2, 0) is 15.8 Å². The van der Waals surface area contributed by atoms with Gasteiger partial charge in [0, 0.05) is 13.6 Å². The van der Waals surface area contributed by atoms with Gasteiger partial charge in [-0.25, -0.2) is 12.7 Å². The van der Waals surface area contributed by atoms with E-state index in [0.717, 1.165) is 4.31 Å². The second-order valence-corrected chi connectivity index (χ2v) is 6.27. The van der Waals surface area contributed by atoms with Crippen molar-refractivity contribution in [2.24, 2.45) is 0 Å². The van der Waals surface area contributed by atoms with E-state index in [0.29, 0.717) is 11.1 Å². The van der Waals surface area contributed by atoms with E-state index in [1.54, 1.807) is 24.3 Å². The minimum atomic E-state index is -3.44. The van der Waals surface area contributed by atoms with Crippen molar-refractivity contribution in [1.82, 2.24) is 4.31 Å². The van der Waals surface area contributed by atoms with Gasteiger partial charge in [-0.2, -0.15) is 5.26 Å². The smallest absolute Gasteiger partial charge is 0.218 e. The Morgan fingerprint density at radius 2 is 1.94 bits per heavy atom. The monoisotopic (exact) mass is 268 g/mol. The highest BCUT2D eigenvalue weighted by Crippen LogP contribution is 2.11. The molecule has 0 bridgehead atoms. The van der Waals surface area contributed by atoms with E-state index in [1.165, 1.54) is 14.0 Å². The zero-order valence-corrected chi connectivity index (χ0v) is 11.2. The molecular weight excluding hydrogens is 252 g/mol. The van der Waals surface area contributed by atoms with E-state index in [4.69, 9.17) is 5.26 Å². The first-order valence-corrected chi connectivity index (χ1v) is 7.07. The van der Waals surface area contributed by atoms with E-state index < -0.39 is 16.1 Å². The molecule has 1 rings (SSSR count). The molecule has 0 saturated heterocycles. The summed E-state index contributed by atoms with van der Waals surface area (Å²) >= 11 is 0. The summed E-state index contributed by atoms with van der Waals surface area (Å²) in [4.78, 5) is 0. The zero-order chi connectivity index (χ0) is 13.8. The molecule has 0 spiro atoms. The lowest BCUT2D eigenvalue weighted by Gasteiger charge is -2.18. The molecule has 1 unspecified atom stereocenters. The number of rotatable bonds is 5. The third-order valence-electron chi connectivity index (χ3n) is 2.43. The molecule has 1 atom stereocenters. The number of aliphatic hydroxyl groups excluding tert-OH is 1. The molecule has 0 fully saturated rings. The average Bonchev–Trinajstić information content (AvgIpc) is 2.28. The highest BCUT2D eigenvalue weighted by Gasteiger charge is 2.19. The van der Waals surface area contributed by atoms with E-state index in [2.05, 4.69) is 0 Å². The first kappa shape index (κ1) is 14.6. The molecule has 0 aliphatic rings. The molecule has 0 saturated carbocycles. The van der Waals surface area contributed by atoms with E-state index in [-0.39, 0.29) is 12.3 Å². The van der Waals surface area contributed by atoms with Gasteiger partial charge < -0.3 is 5.11 Å². The molecule has 0 aliphatic heterocycles. The Morgan fingerprint density at radius 1 is 1.39 bits per heavy atom. The molecular formula is C12H16N2O3S. The molecule has 1 aromatic carbocycles. The van der Waals surface area contributed by atoms with Crippen molar-refractivity contribution in [3.63, 3.8) is 0 Å². The Hall–Kier alpha value is -1.42. The molecule has 5 nitrogen and oxygen atoms in total. The predicted octanol–water partition coefficient (Wildman–Crippen LogP) is 0.701. The van der Waals surface area contributed by atoms with Crippen molar-refractivity contribution in [3.05, 3.63) is 35.4 Å². The van der Waals surface area contributed by atoms with Gasteiger partial charge in [0.15, 0.2) is 0 Å². The molecule has 1 aromatic rings. The predicted molar refractivity (Wildman–Crippen MR) is 68.1 cm³/mol. The third kappa shape index (κ3) is 4.11. The average molecular weight is 268 g/mol. The number of aliphatic hydroxyl groups is 1. The number of sulfonamides is 1. The van der Waals surface area contributed by atoms with Gasteiger partial charge in [-0.1, -0.05) is 12.1 Å². The Bertz CT molecular complexity index is 529. The highest BCUT2D eigenvalue weighted by atomic mass is 32.2. The van der Waals surface area contributed by atoms with E-state index >= 15 is 0 Å². The topological polar surface area (TPSA) is 81.4 Å². The van der Waals surface area contributed by atoms with Crippen LogP contribution in [0.1, 0.15) is 18.1 Å². The standard InChI is InChI=1S/C12H16N2O3S/c1-10(15)8-14(2)18(16,17)9-12-5-3-11(7-13)4-6-12/h3-6,10,15H,8-9H2,1-2H3. The number of benzene rings is 1. The van der Waals surface area contributed by atoms with Crippen LogP contribution in [0.2, 0.25) is 0 Å². The number of likely N-dealkylation sites (N-methyl/N-ethyl adjacent to an activating group) is 1.